The van der Waals surface area contributed by atoms with E-state index in [2.05, 4.69) is 108 Å². The second-order valence-corrected chi connectivity index (χ2v) is 10.1. The average Bonchev–Trinajstić information content (AvgIpc) is 2.98. The Morgan fingerprint density at radius 3 is 1.86 bits per heavy atom. The normalized spacial score (nSPS) is 10.1. The fourth-order valence-electron chi connectivity index (χ4n) is 3.68. The molecule has 0 aliphatic heterocycles. The molecule has 0 unspecified atom stereocenters. The molecule has 0 heterocycles. The summed E-state index contributed by atoms with van der Waals surface area (Å²) in [4.78, 5) is 13.1. The maximum absolute atomic E-state index is 8.36. The lowest BCUT2D eigenvalue weighted by atomic mass is 10.1. The van der Waals surface area contributed by atoms with Crippen LogP contribution in [0.15, 0.2) is 65.7 Å². The topological polar surface area (TPSA) is 68.1 Å². The standard InChI is InChI=1S/C26H31NO.C6H14O.2C2H6.CH2O2/c1-20-18-22-11-7-8-12-23(22)19-25(20)27-17-9-5-6-10-21-13-15-24(16-14-21)28-26(2,3)4;1-3-5-7-6-4-2;2*1-2;2-1-3/h7-8,11-19H,5-6,9-10H2,1-4H3;3-6H2,1-2H3;2*1-2H3;1H,(H,2,3). The highest BCUT2D eigenvalue weighted by molar-refractivity contribution is 5.87. The van der Waals surface area contributed by atoms with Crippen LogP contribution in [0, 0.1) is 6.92 Å². The first-order valence-corrected chi connectivity index (χ1v) is 15.7. The molecule has 3 aromatic carbocycles. The molecule has 1 N–H and O–H groups in total. The van der Waals surface area contributed by atoms with Crippen molar-refractivity contribution in [3.8, 4) is 5.75 Å². The van der Waals surface area contributed by atoms with Crippen molar-refractivity contribution in [3.05, 3.63) is 71.8 Å². The first-order valence-electron chi connectivity index (χ1n) is 15.7. The molecule has 5 nitrogen and oxygen atoms in total. The molecule has 0 atom stereocenters. The SMILES string of the molecule is CC.CC.CCCOCCC.Cc1cc2ccccc2cc1N=CCCCCc1ccc(OC(C)(C)C)cc1.O=CO. The summed E-state index contributed by atoms with van der Waals surface area (Å²) in [5.41, 5.74) is 3.52. The number of ether oxygens (including phenoxy) is 2. The first kappa shape index (κ1) is 41.0. The van der Waals surface area contributed by atoms with Crippen LogP contribution in [0.3, 0.4) is 0 Å². The van der Waals surface area contributed by atoms with E-state index in [1.165, 1.54) is 28.3 Å². The molecule has 0 saturated heterocycles. The molecule has 3 rings (SSSR count). The second-order valence-electron chi connectivity index (χ2n) is 10.1. The Balaban J connectivity index is 0. The predicted octanol–water partition coefficient (Wildman–Crippen LogP) is 11.0. The van der Waals surface area contributed by atoms with Crippen molar-refractivity contribution in [2.45, 2.75) is 113 Å². The van der Waals surface area contributed by atoms with Crippen molar-refractivity contribution in [1.29, 1.82) is 0 Å². The van der Waals surface area contributed by atoms with Crippen molar-refractivity contribution in [1.82, 2.24) is 0 Å². The number of carboxylic acid groups (broad SMARTS) is 1. The zero-order chi connectivity index (χ0) is 32.2. The molecule has 0 aliphatic carbocycles. The minimum Gasteiger partial charge on any atom is -0.488 e. The Hall–Kier alpha value is -3.18. The van der Waals surface area contributed by atoms with E-state index in [9.17, 15) is 0 Å². The Labute approximate surface area is 257 Å². The molecular formula is C37H59NO4. The van der Waals surface area contributed by atoms with E-state index in [1.807, 2.05) is 27.7 Å². The number of aryl methyl sites for hydroxylation is 2. The fraction of sp³-hybridized carbons (Fsp3) is 0.514. The molecule has 0 aliphatic rings. The number of unbranched alkanes of at least 4 members (excludes halogenated alkanes) is 2. The van der Waals surface area contributed by atoms with Crippen LogP contribution >= 0.6 is 0 Å². The monoisotopic (exact) mass is 581 g/mol. The van der Waals surface area contributed by atoms with Gasteiger partial charge in [-0.05, 0) is 112 Å². The van der Waals surface area contributed by atoms with Crippen LogP contribution in [0.4, 0.5) is 5.69 Å². The molecule has 0 spiro atoms. The first-order chi connectivity index (χ1) is 20.2. The lowest BCUT2D eigenvalue weighted by Gasteiger charge is -2.21. The van der Waals surface area contributed by atoms with E-state index >= 15 is 0 Å². The van der Waals surface area contributed by atoms with Gasteiger partial charge in [0, 0.05) is 19.4 Å². The van der Waals surface area contributed by atoms with Gasteiger partial charge in [0.15, 0.2) is 0 Å². The van der Waals surface area contributed by atoms with Crippen molar-refractivity contribution >= 4 is 29.1 Å². The van der Waals surface area contributed by atoms with Crippen molar-refractivity contribution in [3.63, 3.8) is 0 Å². The molecule has 236 valence electrons. The Morgan fingerprint density at radius 1 is 0.833 bits per heavy atom. The third-order valence-corrected chi connectivity index (χ3v) is 5.39. The van der Waals surface area contributed by atoms with Gasteiger partial charge in [0.1, 0.15) is 11.4 Å². The lowest BCUT2D eigenvalue weighted by molar-refractivity contribution is -0.122. The highest BCUT2D eigenvalue weighted by atomic mass is 16.5. The molecule has 0 aromatic heterocycles. The van der Waals surface area contributed by atoms with E-state index in [0.29, 0.717) is 0 Å². The summed E-state index contributed by atoms with van der Waals surface area (Å²) in [6.45, 7) is 22.2. The van der Waals surface area contributed by atoms with Gasteiger partial charge in [-0.25, -0.2) is 0 Å². The molecule has 0 saturated carbocycles. The van der Waals surface area contributed by atoms with Crippen LogP contribution in [-0.4, -0.2) is 36.6 Å². The van der Waals surface area contributed by atoms with E-state index in [1.54, 1.807) is 0 Å². The number of rotatable bonds is 11. The smallest absolute Gasteiger partial charge is 0.290 e. The fourth-order valence-corrected chi connectivity index (χ4v) is 3.68. The van der Waals surface area contributed by atoms with Gasteiger partial charge in [-0.15, -0.1) is 0 Å². The number of benzene rings is 3. The molecule has 42 heavy (non-hydrogen) atoms. The summed E-state index contributed by atoms with van der Waals surface area (Å²) in [6.07, 6.45) is 8.77. The number of fused-ring (bicyclic) bond motifs is 1. The minimum atomic E-state index is -0.250. The van der Waals surface area contributed by atoms with Crippen LogP contribution in [0.2, 0.25) is 0 Å². The molecule has 5 heteroatoms. The van der Waals surface area contributed by atoms with Gasteiger partial charge in [0.25, 0.3) is 6.47 Å². The van der Waals surface area contributed by atoms with Gasteiger partial charge in [-0.3, -0.25) is 9.79 Å². The quantitative estimate of drug-likeness (QED) is 0.139. The third-order valence-electron chi connectivity index (χ3n) is 5.39. The predicted molar refractivity (Wildman–Crippen MR) is 184 cm³/mol. The summed E-state index contributed by atoms with van der Waals surface area (Å²) in [7, 11) is 0. The Kier molecular flexibility index (Phi) is 26.0. The molecule has 0 amide bonds. The van der Waals surface area contributed by atoms with E-state index in [4.69, 9.17) is 24.4 Å². The molecular weight excluding hydrogens is 522 g/mol. The third kappa shape index (κ3) is 20.7. The van der Waals surface area contributed by atoms with Crippen LogP contribution < -0.4 is 4.74 Å². The van der Waals surface area contributed by atoms with E-state index in [-0.39, 0.29) is 12.1 Å². The van der Waals surface area contributed by atoms with Crippen LogP contribution in [0.5, 0.6) is 5.75 Å². The van der Waals surface area contributed by atoms with E-state index in [0.717, 1.165) is 56.8 Å². The molecule has 0 radical (unpaired) electrons. The highest BCUT2D eigenvalue weighted by Gasteiger charge is 2.11. The van der Waals surface area contributed by atoms with Gasteiger partial charge in [-0.2, -0.15) is 0 Å². The van der Waals surface area contributed by atoms with Gasteiger partial charge < -0.3 is 14.6 Å². The van der Waals surface area contributed by atoms with Gasteiger partial charge >= 0.3 is 0 Å². The van der Waals surface area contributed by atoms with Crippen molar-refractivity contribution in [2.75, 3.05) is 13.2 Å². The van der Waals surface area contributed by atoms with Gasteiger partial charge in [-0.1, -0.05) is 77.9 Å². The summed E-state index contributed by atoms with van der Waals surface area (Å²) in [5, 5.41) is 9.41. The number of hydrogen-bond acceptors (Lipinski definition) is 4. The van der Waals surface area contributed by atoms with Crippen LogP contribution in [0.25, 0.3) is 10.8 Å². The molecule has 0 fully saturated rings. The van der Waals surface area contributed by atoms with Crippen LogP contribution in [-0.2, 0) is 16.0 Å². The maximum Gasteiger partial charge on any atom is 0.290 e. The minimum absolute atomic E-state index is 0.149. The highest BCUT2D eigenvalue weighted by Crippen LogP contribution is 2.25. The maximum atomic E-state index is 8.36. The Bertz CT molecular complexity index is 1070. The zero-order valence-corrected chi connectivity index (χ0v) is 28.2. The van der Waals surface area contributed by atoms with E-state index < -0.39 is 0 Å². The number of hydrogen-bond donors (Lipinski definition) is 1. The van der Waals surface area contributed by atoms with Crippen molar-refractivity contribution in [2.24, 2.45) is 4.99 Å². The van der Waals surface area contributed by atoms with Gasteiger partial charge in [0.2, 0.25) is 0 Å². The largest absolute Gasteiger partial charge is 0.488 e. The van der Waals surface area contributed by atoms with Gasteiger partial charge in [0.05, 0.1) is 5.69 Å². The van der Waals surface area contributed by atoms with Crippen LogP contribution in [0.1, 0.15) is 106 Å². The van der Waals surface area contributed by atoms with Crippen molar-refractivity contribution < 1.29 is 19.4 Å². The molecule has 0 bridgehead atoms. The summed E-state index contributed by atoms with van der Waals surface area (Å²) < 4.78 is 11.0. The second kappa shape index (κ2) is 26.7. The Morgan fingerprint density at radius 2 is 1.36 bits per heavy atom. The zero-order valence-electron chi connectivity index (χ0n) is 28.2. The summed E-state index contributed by atoms with van der Waals surface area (Å²) in [5.74, 6) is 0.939. The average molecular weight is 582 g/mol. The summed E-state index contributed by atoms with van der Waals surface area (Å²) in [6, 6.07) is 21.3. The number of aliphatic imine (C=N–C) groups is 1. The lowest BCUT2D eigenvalue weighted by Crippen LogP contribution is -2.22. The molecule has 3 aromatic rings. The number of carbonyl (C=O) groups is 1. The summed E-state index contributed by atoms with van der Waals surface area (Å²) >= 11 is 0. The number of nitrogens with zero attached hydrogens (tertiary/aromatic N) is 1.